The lowest BCUT2D eigenvalue weighted by molar-refractivity contribution is 0.289. The SMILES string of the molecule is CCNC(c1cc(C)oc1C)C1CCCCCCC1. The predicted molar refractivity (Wildman–Crippen MR) is 80.4 cm³/mol. The van der Waals surface area contributed by atoms with Gasteiger partial charge in [-0.2, -0.15) is 0 Å². The fourth-order valence-corrected chi connectivity index (χ4v) is 3.53. The lowest BCUT2D eigenvalue weighted by Gasteiger charge is -2.29. The van der Waals surface area contributed by atoms with Gasteiger partial charge < -0.3 is 9.73 Å². The van der Waals surface area contributed by atoms with Crippen molar-refractivity contribution in [2.75, 3.05) is 6.54 Å². The largest absolute Gasteiger partial charge is 0.466 e. The van der Waals surface area contributed by atoms with Gasteiger partial charge in [0, 0.05) is 11.6 Å². The van der Waals surface area contributed by atoms with Crippen LogP contribution in [-0.2, 0) is 0 Å². The summed E-state index contributed by atoms with van der Waals surface area (Å²) < 4.78 is 5.75. The summed E-state index contributed by atoms with van der Waals surface area (Å²) in [6.45, 7) is 7.40. The predicted octanol–water partition coefficient (Wildman–Crippen LogP) is 4.91. The van der Waals surface area contributed by atoms with Crippen LogP contribution in [0, 0.1) is 19.8 Å². The molecule has 1 heterocycles. The summed E-state index contributed by atoms with van der Waals surface area (Å²) in [4.78, 5) is 0. The molecule has 1 atom stereocenters. The lowest BCUT2D eigenvalue weighted by Crippen LogP contribution is -2.29. The fourth-order valence-electron chi connectivity index (χ4n) is 3.53. The molecule has 0 aliphatic heterocycles. The van der Waals surface area contributed by atoms with Crippen LogP contribution in [0.2, 0.25) is 0 Å². The van der Waals surface area contributed by atoms with Gasteiger partial charge in [0.1, 0.15) is 11.5 Å². The normalized spacial score (nSPS) is 19.9. The maximum absolute atomic E-state index is 5.75. The molecule has 1 unspecified atom stereocenters. The molecule has 1 N–H and O–H groups in total. The highest BCUT2D eigenvalue weighted by Crippen LogP contribution is 2.35. The summed E-state index contributed by atoms with van der Waals surface area (Å²) >= 11 is 0. The van der Waals surface area contributed by atoms with Crippen LogP contribution >= 0.6 is 0 Å². The van der Waals surface area contributed by atoms with E-state index in [9.17, 15) is 0 Å². The number of hydrogen-bond acceptors (Lipinski definition) is 2. The molecule has 0 amide bonds. The highest BCUT2D eigenvalue weighted by Gasteiger charge is 2.25. The molecular weight excluding hydrogens is 234 g/mol. The molecule has 0 saturated heterocycles. The molecule has 1 saturated carbocycles. The van der Waals surface area contributed by atoms with Crippen LogP contribution in [0.25, 0.3) is 0 Å². The minimum absolute atomic E-state index is 0.487. The van der Waals surface area contributed by atoms with E-state index < -0.39 is 0 Å². The van der Waals surface area contributed by atoms with E-state index in [1.807, 2.05) is 0 Å². The molecule has 19 heavy (non-hydrogen) atoms. The van der Waals surface area contributed by atoms with E-state index in [0.717, 1.165) is 24.0 Å². The summed E-state index contributed by atoms with van der Waals surface area (Å²) in [5, 5.41) is 3.71. The summed E-state index contributed by atoms with van der Waals surface area (Å²) in [5.74, 6) is 2.92. The van der Waals surface area contributed by atoms with Crippen LogP contribution < -0.4 is 5.32 Å². The van der Waals surface area contributed by atoms with Crippen molar-refractivity contribution in [2.24, 2.45) is 5.92 Å². The van der Waals surface area contributed by atoms with Crippen LogP contribution in [-0.4, -0.2) is 6.54 Å². The average molecular weight is 263 g/mol. The quantitative estimate of drug-likeness (QED) is 0.835. The minimum Gasteiger partial charge on any atom is -0.466 e. The Morgan fingerprint density at radius 3 is 2.32 bits per heavy atom. The molecule has 0 spiro atoms. The molecule has 0 aromatic carbocycles. The number of rotatable bonds is 4. The van der Waals surface area contributed by atoms with Crippen LogP contribution in [0.1, 0.15) is 75.0 Å². The first-order chi connectivity index (χ1) is 9.22. The van der Waals surface area contributed by atoms with Gasteiger partial charge in [0.25, 0.3) is 0 Å². The van der Waals surface area contributed by atoms with Gasteiger partial charge >= 0.3 is 0 Å². The second kappa shape index (κ2) is 7.14. The van der Waals surface area contributed by atoms with Crippen LogP contribution in [0.5, 0.6) is 0 Å². The van der Waals surface area contributed by atoms with Crippen molar-refractivity contribution in [1.29, 1.82) is 0 Å². The molecule has 0 bridgehead atoms. The Morgan fingerprint density at radius 2 is 1.79 bits per heavy atom. The highest BCUT2D eigenvalue weighted by molar-refractivity contribution is 5.25. The van der Waals surface area contributed by atoms with Gasteiger partial charge in [-0.25, -0.2) is 0 Å². The first kappa shape index (κ1) is 14.6. The van der Waals surface area contributed by atoms with Crippen molar-refractivity contribution in [3.8, 4) is 0 Å². The Bertz CT molecular complexity index is 375. The molecule has 2 rings (SSSR count). The first-order valence-electron chi connectivity index (χ1n) is 8.02. The first-order valence-corrected chi connectivity index (χ1v) is 8.02. The molecule has 108 valence electrons. The zero-order chi connectivity index (χ0) is 13.7. The second-order valence-electron chi connectivity index (χ2n) is 6.01. The van der Waals surface area contributed by atoms with Crippen LogP contribution in [0.4, 0.5) is 0 Å². The van der Waals surface area contributed by atoms with Crippen LogP contribution in [0.3, 0.4) is 0 Å². The van der Waals surface area contributed by atoms with Crippen molar-refractivity contribution >= 4 is 0 Å². The molecule has 0 radical (unpaired) electrons. The van der Waals surface area contributed by atoms with Gasteiger partial charge in [-0.1, -0.05) is 39.0 Å². The van der Waals surface area contributed by atoms with Crippen molar-refractivity contribution in [1.82, 2.24) is 5.32 Å². The molecule has 1 aromatic rings. The summed E-state index contributed by atoms with van der Waals surface area (Å²) in [7, 11) is 0. The second-order valence-corrected chi connectivity index (χ2v) is 6.01. The van der Waals surface area contributed by atoms with Gasteiger partial charge in [-0.15, -0.1) is 0 Å². The lowest BCUT2D eigenvalue weighted by atomic mass is 9.83. The Hall–Kier alpha value is -0.760. The van der Waals surface area contributed by atoms with Crippen molar-refractivity contribution < 1.29 is 4.42 Å². The third-order valence-corrected chi connectivity index (χ3v) is 4.46. The van der Waals surface area contributed by atoms with E-state index in [0.29, 0.717) is 6.04 Å². The van der Waals surface area contributed by atoms with E-state index in [2.05, 4.69) is 32.2 Å². The third-order valence-electron chi connectivity index (χ3n) is 4.46. The summed E-state index contributed by atoms with van der Waals surface area (Å²) in [5.41, 5.74) is 1.39. The van der Waals surface area contributed by atoms with Gasteiger partial charge in [-0.3, -0.25) is 0 Å². The van der Waals surface area contributed by atoms with E-state index in [1.165, 1.54) is 50.5 Å². The van der Waals surface area contributed by atoms with Crippen LogP contribution in [0.15, 0.2) is 10.5 Å². The molecular formula is C17H29NO. The minimum atomic E-state index is 0.487. The third kappa shape index (κ3) is 3.85. The Kier molecular flexibility index (Phi) is 5.50. The van der Waals surface area contributed by atoms with Gasteiger partial charge in [-0.05, 0) is 45.2 Å². The molecule has 1 aliphatic rings. The zero-order valence-electron chi connectivity index (χ0n) is 12.8. The van der Waals surface area contributed by atoms with Crippen molar-refractivity contribution in [3.05, 3.63) is 23.2 Å². The number of nitrogens with one attached hydrogen (secondary N) is 1. The van der Waals surface area contributed by atoms with Gasteiger partial charge in [0.15, 0.2) is 0 Å². The average Bonchev–Trinajstić information content (AvgIpc) is 2.66. The van der Waals surface area contributed by atoms with Crippen molar-refractivity contribution in [3.63, 3.8) is 0 Å². The van der Waals surface area contributed by atoms with E-state index in [-0.39, 0.29) is 0 Å². The van der Waals surface area contributed by atoms with Gasteiger partial charge in [0.05, 0.1) is 0 Å². The molecule has 1 aromatic heterocycles. The van der Waals surface area contributed by atoms with E-state index >= 15 is 0 Å². The maximum atomic E-state index is 5.75. The van der Waals surface area contributed by atoms with E-state index in [4.69, 9.17) is 4.42 Å². The Balaban J connectivity index is 2.15. The topological polar surface area (TPSA) is 25.2 Å². The molecule has 2 nitrogen and oxygen atoms in total. The van der Waals surface area contributed by atoms with E-state index in [1.54, 1.807) is 0 Å². The maximum Gasteiger partial charge on any atom is 0.105 e. The number of furan rings is 1. The van der Waals surface area contributed by atoms with Crippen molar-refractivity contribution in [2.45, 2.75) is 71.8 Å². The standard InChI is InChI=1S/C17H29NO/c1-4-18-17(16-12-13(2)19-14(16)3)15-10-8-6-5-7-9-11-15/h12,15,17-18H,4-11H2,1-3H3. The Labute approximate surface area is 118 Å². The number of hydrogen-bond donors (Lipinski definition) is 1. The monoisotopic (exact) mass is 263 g/mol. The zero-order valence-corrected chi connectivity index (χ0v) is 12.8. The highest BCUT2D eigenvalue weighted by atomic mass is 16.3. The summed E-state index contributed by atoms with van der Waals surface area (Å²) in [6, 6.07) is 2.72. The molecule has 1 fully saturated rings. The molecule has 1 aliphatic carbocycles. The smallest absolute Gasteiger partial charge is 0.105 e. The Morgan fingerprint density at radius 1 is 1.16 bits per heavy atom. The summed E-state index contributed by atoms with van der Waals surface area (Å²) in [6.07, 6.45) is 9.77. The number of aryl methyl sites for hydroxylation is 2. The van der Waals surface area contributed by atoms with Gasteiger partial charge in [0.2, 0.25) is 0 Å². The fraction of sp³-hybridized carbons (Fsp3) is 0.765. The molecule has 2 heteroatoms.